The molecule has 48 heavy (non-hydrogen) atoms. The molecule has 2 atom stereocenters. The van der Waals surface area contributed by atoms with Crippen molar-refractivity contribution in [3.8, 4) is 22.6 Å². The Kier molecular flexibility index (Phi) is 6.04. The lowest BCUT2D eigenvalue weighted by Crippen LogP contribution is -2.11. The molecule has 2 unspecified atom stereocenters. The van der Waals surface area contributed by atoms with Crippen LogP contribution in [0.15, 0.2) is 176 Å². The van der Waals surface area contributed by atoms with Gasteiger partial charge in [0.2, 0.25) is 0 Å². The van der Waals surface area contributed by atoms with Gasteiger partial charge < -0.3 is 9.30 Å². The van der Waals surface area contributed by atoms with Crippen LogP contribution in [-0.2, 0) is 0 Å². The molecule has 0 bridgehead atoms. The first-order chi connectivity index (χ1) is 23.8. The third-order valence-electron chi connectivity index (χ3n) is 10.2. The number of nitrogens with zero attached hydrogens (tertiary/aromatic N) is 1. The minimum atomic E-state index is -0.119. The minimum Gasteiger partial charge on any atom is -0.484 e. The molecule has 2 heterocycles. The number of para-hydroxylation sites is 2. The molecule has 1 aliphatic heterocycles. The Labute approximate surface area is 279 Å². The molecule has 0 fully saturated rings. The molecular weight excluding hydrogens is 583 g/mol. The molecule has 10 rings (SSSR count). The first-order valence-corrected chi connectivity index (χ1v) is 16.7. The average molecular weight is 614 g/mol. The highest BCUT2D eigenvalue weighted by molar-refractivity contribution is 6.14. The van der Waals surface area contributed by atoms with Gasteiger partial charge in [-0.1, -0.05) is 146 Å². The van der Waals surface area contributed by atoms with Crippen molar-refractivity contribution in [2.24, 2.45) is 0 Å². The summed E-state index contributed by atoms with van der Waals surface area (Å²) in [4.78, 5) is 0. The largest absolute Gasteiger partial charge is 0.484 e. The number of rotatable bonds is 4. The number of hydrogen-bond donors (Lipinski definition) is 0. The van der Waals surface area contributed by atoms with Crippen LogP contribution in [0, 0.1) is 0 Å². The van der Waals surface area contributed by atoms with Crippen LogP contribution in [0.4, 0.5) is 0 Å². The lowest BCUT2D eigenvalue weighted by molar-refractivity contribution is 0.224. The van der Waals surface area contributed by atoms with Crippen LogP contribution in [0.25, 0.3) is 60.2 Å². The summed E-state index contributed by atoms with van der Waals surface area (Å²) in [5, 5.41) is 7.45. The molecule has 0 N–H and O–H groups in total. The van der Waals surface area contributed by atoms with Gasteiger partial charge in [-0.25, -0.2) is 0 Å². The topological polar surface area (TPSA) is 14.2 Å². The third-order valence-corrected chi connectivity index (χ3v) is 10.2. The van der Waals surface area contributed by atoms with E-state index in [1.165, 1.54) is 65.8 Å². The van der Waals surface area contributed by atoms with E-state index in [1.807, 2.05) is 0 Å². The van der Waals surface area contributed by atoms with Gasteiger partial charge in [-0.15, -0.1) is 0 Å². The Hall–Kier alpha value is -6.12. The maximum absolute atomic E-state index is 7.12. The monoisotopic (exact) mass is 613 g/mol. The Balaban J connectivity index is 1.15. The molecule has 8 aromatic carbocycles. The van der Waals surface area contributed by atoms with Crippen LogP contribution in [0.2, 0.25) is 0 Å². The van der Waals surface area contributed by atoms with E-state index in [-0.39, 0.29) is 12.0 Å². The van der Waals surface area contributed by atoms with Gasteiger partial charge in [-0.3, -0.25) is 0 Å². The summed E-state index contributed by atoms with van der Waals surface area (Å²) in [5.74, 6) is 1.07. The van der Waals surface area contributed by atoms with Gasteiger partial charge in [-0.2, -0.15) is 0 Å². The van der Waals surface area contributed by atoms with Crippen LogP contribution in [0.1, 0.15) is 28.7 Å². The molecule has 9 aromatic rings. The van der Waals surface area contributed by atoms with Crippen LogP contribution in [-0.4, -0.2) is 4.57 Å². The van der Waals surface area contributed by atoms with Crippen LogP contribution < -0.4 is 4.74 Å². The molecule has 0 saturated carbocycles. The molecular formula is C46H31NO. The molecule has 0 spiro atoms. The van der Waals surface area contributed by atoms with E-state index in [1.54, 1.807) is 0 Å². The first-order valence-electron chi connectivity index (χ1n) is 16.7. The molecule has 2 nitrogen and oxygen atoms in total. The SMILES string of the molecule is c1ccc(C2Oc3c(c4ccccc4c4ccc(-c5ccc(-n6c7ccccc7c7ccccc76)cc5)cc34)C2c2ccccc2)cc1. The van der Waals surface area contributed by atoms with E-state index in [2.05, 4.69) is 180 Å². The van der Waals surface area contributed by atoms with Crippen LogP contribution >= 0.6 is 0 Å². The van der Waals surface area contributed by atoms with E-state index in [0.29, 0.717) is 0 Å². The lowest BCUT2D eigenvalue weighted by atomic mass is 9.81. The summed E-state index contributed by atoms with van der Waals surface area (Å²) in [7, 11) is 0. The number of aromatic nitrogens is 1. The fraction of sp³-hybridized carbons (Fsp3) is 0.0435. The Morgan fingerprint density at radius 2 is 0.917 bits per heavy atom. The van der Waals surface area contributed by atoms with Crippen molar-refractivity contribution in [2.45, 2.75) is 12.0 Å². The zero-order chi connectivity index (χ0) is 31.6. The number of ether oxygens (including phenoxy) is 1. The zero-order valence-corrected chi connectivity index (χ0v) is 26.3. The predicted octanol–water partition coefficient (Wildman–Crippen LogP) is 12.0. The smallest absolute Gasteiger partial charge is 0.135 e. The number of fused-ring (bicyclic) bond motifs is 9. The molecule has 226 valence electrons. The number of hydrogen-bond acceptors (Lipinski definition) is 1. The molecule has 1 aliphatic rings. The minimum absolute atomic E-state index is 0.0760. The van der Waals surface area contributed by atoms with Gasteiger partial charge in [0.05, 0.1) is 17.0 Å². The summed E-state index contributed by atoms with van der Waals surface area (Å²) in [5.41, 5.74) is 9.69. The van der Waals surface area contributed by atoms with E-state index < -0.39 is 0 Å². The highest BCUT2D eigenvalue weighted by Gasteiger charge is 2.39. The first kappa shape index (κ1) is 27.0. The normalized spacial score (nSPS) is 15.7. The predicted molar refractivity (Wildman–Crippen MR) is 199 cm³/mol. The van der Waals surface area contributed by atoms with Crippen molar-refractivity contribution in [1.82, 2.24) is 4.57 Å². The maximum atomic E-state index is 7.12. The molecule has 0 aliphatic carbocycles. The Morgan fingerprint density at radius 3 is 1.58 bits per heavy atom. The van der Waals surface area contributed by atoms with Crippen molar-refractivity contribution in [1.29, 1.82) is 0 Å². The Morgan fingerprint density at radius 1 is 0.396 bits per heavy atom. The summed E-state index contributed by atoms with van der Waals surface area (Å²) < 4.78 is 9.49. The van der Waals surface area contributed by atoms with Crippen LogP contribution in [0.5, 0.6) is 5.75 Å². The molecule has 0 amide bonds. The van der Waals surface area contributed by atoms with Crippen molar-refractivity contribution in [3.63, 3.8) is 0 Å². The van der Waals surface area contributed by atoms with Gasteiger partial charge in [0, 0.05) is 27.4 Å². The lowest BCUT2D eigenvalue weighted by Gasteiger charge is -2.20. The van der Waals surface area contributed by atoms with Crippen molar-refractivity contribution < 1.29 is 4.74 Å². The molecule has 0 radical (unpaired) electrons. The van der Waals surface area contributed by atoms with Gasteiger partial charge in [0.1, 0.15) is 11.9 Å². The quantitative estimate of drug-likeness (QED) is 0.180. The molecule has 0 saturated heterocycles. The van der Waals surface area contributed by atoms with E-state index >= 15 is 0 Å². The maximum Gasteiger partial charge on any atom is 0.135 e. The molecule has 2 heteroatoms. The standard InChI is InChI=1S/C46H31NO/c1-3-13-31(14-4-1)43-44-39-20-8-7-17-35(39)36-28-25-33(29-40(36)46(44)48-45(43)32-15-5-2-6-16-32)30-23-26-34(27-24-30)47-41-21-11-9-18-37(41)38-19-10-12-22-42(38)47/h1-29,43,45H. The number of benzene rings is 8. The van der Waals surface area contributed by atoms with Gasteiger partial charge in [0.15, 0.2) is 0 Å². The van der Waals surface area contributed by atoms with Gasteiger partial charge in [0.25, 0.3) is 0 Å². The molecule has 1 aromatic heterocycles. The second-order valence-electron chi connectivity index (χ2n) is 12.8. The third kappa shape index (κ3) is 4.06. The fourth-order valence-corrected chi connectivity index (χ4v) is 8.06. The fourth-order valence-electron chi connectivity index (χ4n) is 8.06. The second-order valence-corrected chi connectivity index (χ2v) is 12.8. The van der Waals surface area contributed by atoms with Crippen molar-refractivity contribution in [2.75, 3.05) is 0 Å². The van der Waals surface area contributed by atoms with Gasteiger partial charge in [-0.05, 0) is 68.7 Å². The highest BCUT2D eigenvalue weighted by Crippen LogP contribution is 2.55. The van der Waals surface area contributed by atoms with Crippen molar-refractivity contribution in [3.05, 3.63) is 193 Å². The van der Waals surface area contributed by atoms with E-state index in [4.69, 9.17) is 4.74 Å². The second kappa shape index (κ2) is 10.7. The zero-order valence-electron chi connectivity index (χ0n) is 26.3. The summed E-state index contributed by atoms with van der Waals surface area (Å²) in [6.45, 7) is 0. The summed E-state index contributed by atoms with van der Waals surface area (Å²) >= 11 is 0. The van der Waals surface area contributed by atoms with E-state index in [9.17, 15) is 0 Å². The summed E-state index contributed by atoms with van der Waals surface area (Å²) in [6.07, 6.45) is -0.119. The highest BCUT2D eigenvalue weighted by atomic mass is 16.5. The van der Waals surface area contributed by atoms with Gasteiger partial charge >= 0.3 is 0 Å². The van der Waals surface area contributed by atoms with E-state index in [0.717, 1.165) is 16.8 Å². The Bertz CT molecular complexity index is 2580. The average Bonchev–Trinajstić information content (AvgIpc) is 3.73. The summed E-state index contributed by atoms with van der Waals surface area (Å²) in [6, 6.07) is 63.6. The van der Waals surface area contributed by atoms with Crippen LogP contribution in [0.3, 0.4) is 0 Å². The van der Waals surface area contributed by atoms with Crippen molar-refractivity contribution >= 4 is 43.4 Å².